The highest BCUT2D eigenvalue weighted by molar-refractivity contribution is 5.93. The molecule has 11 aliphatic heterocycles. The van der Waals surface area contributed by atoms with Crippen molar-refractivity contribution in [3.8, 4) is 12.3 Å². The number of nitrogens with two attached hydrogens (primary N) is 2. The Morgan fingerprint density at radius 2 is 0.968 bits per heavy atom. The quantitative estimate of drug-likeness (QED) is 0.0232. The van der Waals surface area contributed by atoms with Crippen LogP contribution in [0, 0.1) is 19.3 Å². The Balaban J connectivity index is 0.000000185. The number of amidine groups is 2. The number of azide groups is 2. The molecule has 0 aliphatic carbocycles. The summed E-state index contributed by atoms with van der Waals surface area (Å²) in [7, 11) is 0. The first kappa shape index (κ1) is 98.4. The zero-order chi connectivity index (χ0) is 93.1. The number of alkyl halides is 7. The van der Waals surface area contributed by atoms with Crippen molar-refractivity contribution in [3.63, 3.8) is 0 Å². The normalized spacial score (nSPS) is 37.2. The Labute approximate surface area is 696 Å². The smallest absolute Gasteiger partial charge is 0.320 e. The molecule has 0 unspecified atom stereocenters. The van der Waals surface area contributed by atoms with E-state index in [4.69, 9.17) is 67.6 Å². The molecule has 47 nitrogen and oxygen atoms in total. The number of rotatable bonds is 17. The maximum absolute atomic E-state index is 14.4. The summed E-state index contributed by atoms with van der Waals surface area (Å²) in [5.74, 6) is -11.7. The first-order valence-corrected chi connectivity index (χ1v) is 36.3. The van der Waals surface area contributed by atoms with E-state index in [1.807, 2.05) is 5.92 Å². The third-order valence-electron chi connectivity index (χ3n) is 20.9. The van der Waals surface area contributed by atoms with Gasteiger partial charge < -0.3 is 162 Å². The topological polar surface area (TPSA) is 700 Å². The summed E-state index contributed by atoms with van der Waals surface area (Å²) < 4.78 is 132. The van der Waals surface area contributed by atoms with Gasteiger partial charge in [-0.15, -0.1) is 6.42 Å². The van der Waals surface area contributed by atoms with Gasteiger partial charge >= 0.3 is 11.8 Å². The summed E-state index contributed by atoms with van der Waals surface area (Å²) in [6.07, 6.45) is -3.79. The van der Waals surface area contributed by atoms with E-state index < -0.39 is 213 Å². The van der Waals surface area contributed by atoms with E-state index in [2.05, 4.69) is 93.8 Å². The van der Waals surface area contributed by atoms with Crippen LogP contribution in [0.1, 0.15) is 46.2 Å². The van der Waals surface area contributed by atoms with E-state index >= 15 is 0 Å². The van der Waals surface area contributed by atoms with E-state index in [0.717, 1.165) is 39.8 Å². The summed E-state index contributed by atoms with van der Waals surface area (Å²) in [6, 6.07) is 0. The number of imidazole rings is 1. The third kappa shape index (κ3) is 18.3. The molecule has 3 amide bonds. The van der Waals surface area contributed by atoms with Crippen molar-refractivity contribution in [1.82, 2.24) is 60.0 Å². The molecule has 54 heteroatoms. The molecule has 0 aromatic carbocycles. The molecule has 6 fully saturated rings. The zero-order valence-electron chi connectivity index (χ0n) is 66.1. The first-order chi connectivity index (χ1) is 57.7. The fraction of sp³-hybridized carbons (Fsp3) is 0.543. The van der Waals surface area contributed by atoms with Gasteiger partial charge in [0.25, 0.3) is 35.0 Å². The van der Waals surface area contributed by atoms with Crippen LogP contribution < -0.4 is 33.0 Å². The minimum Gasteiger partial charge on any atom is -0.393 e. The molecule has 23 N–H and O–H groups in total. The van der Waals surface area contributed by atoms with Gasteiger partial charge in [0.15, 0.2) is 60.6 Å². The molecule has 0 saturated carbocycles. The Kier molecular flexibility index (Phi) is 29.4. The summed E-state index contributed by atoms with van der Waals surface area (Å²) in [5, 5.41) is 159. The highest BCUT2D eigenvalue weighted by atomic mass is 19.3. The van der Waals surface area contributed by atoms with E-state index in [1.54, 1.807) is 6.92 Å². The number of H-pyrrole nitrogens is 1. The highest BCUT2D eigenvalue weighted by Gasteiger charge is 2.70. The summed E-state index contributed by atoms with van der Waals surface area (Å²) in [5.41, 5.74) is 13.9. The molecule has 6 saturated heterocycles. The van der Waals surface area contributed by atoms with Crippen LogP contribution in [0.5, 0.6) is 0 Å². The maximum atomic E-state index is 14.4. The fourth-order valence-corrected chi connectivity index (χ4v) is 13.8. The van der Waals surface area contributed by atoms with Gasteiger partial charge in [-0.1, -0.05) is 56.0 Å². The molecule has 22 atom stereocenters. The van der Waals surface area contributed by atoms with Crippen molar-refractivity contribution in [2.24, 2.45) is 31.7 Å². The Hall–Kier alpha value is -11.0. The lowest BCUT2D eigenvalue weighted by atomic mass is 9.89. The number of aliphatic hydroxyl groups excluding tert-OH is 12. The van der Waals surface area contributed by atoms with Gasteiger partial charge in [-0.05, 0) is 57.3 Å². The predicted octanol–water partition coefficient (Wildman–Crippen LogP) is -4.83. The molecule has 0 radical (unpaired) electrons. The number of aryl methyl sites for hydroxylation is 1. The van der Waals surface area contributed by atoms with E-state index in [-0.39, 0.29) is 70.1 Å². The van der Waals surface area contributed by atoms with Gasteiger partial charge in [-0.3, -0.25) is 23.7 Å². The number of halogens is 7. The van der Waals surface area contributed by atoms with Gasteiger partial charge in [0.05, 0.1) is 45.8 Å². The third-order valence-corrected chi connectivity index (χ3v) is 20.9. The molecule has 2 aromatic heterocycles. The van der Waals surface area contributed by atoms with Crippen LogP contribution in [-0.4, -0.2) is 339 Å². The summed E-state index contributed by atoms with van der Waals surface area (Å²) in [4.78, 5) is 73.6. The number of carbonyl (C=O) groups excluding carboxylic acids is 3. The fourth-order valence-electron chi connectivity index (χ4n) is 13.8. The Morgan fingerprint density at radius 3 is 1.36 bits per heavy atom. The van der Waals surface area contributed by atoms with Crippen LogP contribution in [-0.2, 0) is 42.8 Å². The zero-order valence-corrected chi connectivity index (χ0v) is 66.1. The first-order valence-electron chi connectivity index (χ1n) is 36.3. The van der Waals surface area contributed by atoms with Crippen molar-refractivity contribution in [3.05, 3.63) is 167 Å². The number of nitrogens with zero attached hydrogens (tertiary/aromatic N) is 16. The van der Waals surface area contributed by atoms with Crippen molar-refractivity contribution in [1.29, 1.82) is 0 Å². The van der Waals surface area contributed by atoms with Crippen LogP contribution in [0.3, 0.4) is 0 Å². The number of hydrogen-bond donors (Lipinski definition) is 21. The van der Waals surface area contributed by atoms with Crippen molar-refractivity contribution in [2.75, 3.05) is 52.7 Å². The molecular weight excluding hydrogens is 1680 g/mol. The highest BCUT2D eigenvalue weighted by Crippen LogP contribution is 2.50. The van der Waals surface area contributed by atoms with Crippen molar-refractivity contribution in [2.45, 2.75) is 184 Å². The SMILES string of the molecule is C#C[C@]1(O)[C@H](n2cnc3c(=O)[nH]c(C)nc32)O[C@](F)(CO)[C@H]1O.C=C1N=C(N)C=CN1[C@@H]1O[C@@](CO)(CN=[N+]=[N-])[C@@H](O)C1(F)F.C=C1N=C(N)C=CN1[C@@H]1O[C@](CC)(CO)[C@@H](O)C1(F)F.C=C1NC(=O)C=CN1[C@@H]1O[C@@](CO)(CN=[N+]=[N-])[C@@H](O)[C@H]1F.C=C1NC(=O)C=CN1[C@@H]1O[C@](C)(CO)[C@@H](O)[C@@]1(C)O.C=C1NC(=O)C=CN1[C@@H]1O[C@](F)(CO)[C@@H](O)[C@@]1(C)O. The molecule has 13 rings (SSSR count). The van der Waals surface area contributed by atoms with Crippen molar-refractivity contribution >= 4 is 40.6 Å². The Bertz CT molecular complexity index is 4800. The maximum Gasteiger partial charge on any atom is 0.320 e. The monoisotopic (exact) mass is 1770 g/mol. The second-order valence-corrected chi connectivity index (χ2v) is 29.5. The Morgan fingerprint density at radius 1 is 0.556 bits per heavy atom. The number of aliphatic hydroxyl groups is 15. The van der Waals surface area contributed by atoms with Crippen molar-refractivity contribution < 1.29 is 150 Å². The predicted molar refractivity (Wildman–Crippen MR) is 407 cm³/mol. The standard InChI is InChI=1S/C13H13FN4O5.C12H17F2N3O3.C12H18N2O5.C11H14F2N6O3.C11H14FN5O4.C11H15FN2O5/c1-3-12(22)10(21)13(14,4-19)23-11(12)18-5-15-7-8(18)16-6(2)17-9(7)20;1-3-11(6-18)9(19)12(13,14)10(20-11)17-5-4-8(15)16-7(17)2;1-7-13-8(16)4-5-14(7)10-12(3,18)9(17)11(2,6-15)19-10;1-6-17-7(14)2-3-19(6)9-11(12,13)8(21)10(5-20,22-9)4-16-18-15;1-6-15-7(19)2-3-17(6)10-8(12)9(20)11(5-18,21-10)4-14-16-13;1-6-13-7(16)3-4-14(6)9-10(2,18)8(17)11(12,5-15)19-9/h1,5,10-11,19,21-22H,4H2,2H3,(H,16,17,20);4-5,9-10,18-19H,2-3,6H2,1H3,(H2,15,16);4-5,9-10,15,17-18H,1,6H2,2-3H3,(H,13,16);2-3,8-9,20-21H,1,4-5H2,(H2,14,17);2-3,8-10,18,20H,1,4-5H2,(H,15,19);3-4,8-9,15,17-18H,1,5H2,2H3,(H,13,16)/t10-,11+,12+,13+;9-,10-,11-;9-,10-,11-,12-;8-,9-,10-;8-,9+,10-,11-;8-,9+,10+,11+/m011110/s1. The molecule has 11 aliphatic rings. The van der Waals surface area contributed by atoms with Crippen LogP contribution in [0.4, 0.5) is 30.7 Å². The lowest BCUT2D eigenvalue weighted by Gasteiger charge is -2.37. The van der Waals surface area contributed by atoms with Gasteiger partial charge in [-0.25, -0.2) is 33.1 Å². The summed E-state index contributed by atoms with van der Waals surface area (Å²) >= 11 is 0. The largest absolute Gasteiger partial charge is 0.393 e. The number of terminal acetylenes is 1. The average Bonchev–Trinajstić information content (AvgIpc) is 1.62. The van der Waals surface area contributed by atoms with Crippen LogP contribution in [0.15, 0.2) is 155 Å². The van der Waals surface area contributed by atoms with E-state index in [1.165, 1.54) is 84.7 Å². The van der Waals surface area contributed by atoms with Gasteiger partial charge in [0.1, 0.15) is 112 Å². The second kappa shape index (κ2) is 37.0. The number of nitrogens with one attached hydrogen (secondary N) is 4. The molecule has 2 aromatic rings. The second-order valence-electron chi connectivity index (χ2n) is 29.5. The molecule has 124 heavy (non-hydrogen) atoms. The number of hydrogen-bond acceptors (Lipinski definition) is 38. The lowest BCUT2D eigenvalue weighted by Crippen LogP contribution is -2.54. The van der Waals surface area contributed by atoms with Gasteiger partial charge in [0.2, 0.25) is 18.1 Å². The molecule has 0 bridgehead atoms. The summed E-state index contributed by atoms with van der Waals surface area (Å²) in [6.45, 7) is 18.6. The van der Waals surface area contributed by atoms with Crippen LogP contribution in [0.2, 0.25) is 0 Å². The molecule has 13 heterocycles. The number of aromatic amines is 1. The number of amides is 3. The number of aliphatic imine (C=N–C) groups is 2. The van der Waals surface area contributed by atoms with E-state index in [0.29, 0.717) is 0 Å². The average molecular weight is 1770 g/mol. The number of aromatic nitrogens is 4. The van der Waals surface area contributed by atoms with E-state index in [9.17, 15) is 116 Å². The van der Waals surface area contributed by atoms with Gasteiger partial charge in [-0.2, -0.15) is 17.6 Å². The minimum absolute atomic E-state index is 0.0145. The van der Waals surface area contributed by atoms with Crippen LogP contribution in [0.25, 0.3) is 32.0 Å². The molecule has 680 valence electrons. The van der Waals surface area contributed by atoms with Gasteiger partial charge in [0, 0.05) is 59.1 Å². The molecular formula is C70H91F7N22O25. The minimum atomic E-state index is -3.78. The number of ether oxygens (including phenoxy) is 6. The van der Waals surface area contributed by atoms with Crippen LogP contribution >= 0.6 is 0 Å². The lowest BCUT2D eigenvalue weighted by molar-refractivity contribution is -0.210. The molecule has 0 spiro atoms. The number of carbonyl (C=O) groups is 3. The number of fused-ring (bicyclic) bond motifs is 1.